The number of nitrogens with one attached hydrogen (secondary N) is 1. The van der Waals surface area contributed by atoms with Crippen LogP contribution in [0.2, 0.25) is 0 Å². The number of amides is 1. The summed E-state index contributed by atoms with van der Waals surface area (Å²) >= 11 is 0. The molecule has 1 saturated carbocycles. The summed E-state index contributed by atoms with van der Waals surface area (Å²) in [5.41, 5.74) is 3.58. The molecule has 4 nitrogen and oxygen atoms in total. The number of hydrogen-bond acceptors (Lipinski definition) is 2. The Morgan fingerprint density at radius 2 is 1.88 bits per heavy atom. The van der Waals surface area contributed by atoms with Crippen LogP contribution in [0.4, 0.5) is 5.69 Å². The summed E-state index contributed by atoms with van der Waals surface area (Å²) < 4.78 is 1.77. The highest BCUT2D eigenvalue weighted by Gasteiger charge is 2.28. The molecule has 24 heavy (non-hydrogen) atoms. The molecule has 1 fully saturated rings. The van der Waals surface area contributed by atoms with Gasteiger partial charge in [-0.3, -0.25) is 9.59 Å². The molecule has 0 bridgehead atoms. The van der Waals surface area contributed by atoms with Crippen LogP contribution in [0.5, 0.6) is 0 Å². The standard InChI is InChI=1S/C20H24N2O2/c1-12(2)16-7-5-6-8-17(16)21-19(23)18-13(3)11-14(4)22(20(18)24)15-9-10-15/h5-8,11-12,15H,9-10H2,1-4H3,(H,21,23). The number of nitrogens with zero attached hydrogens (tertiary/aromatic N) is 1. The van der Waals surface area contributed by atoms with Crippen molar-refractivity contribution in [3.05, 3.63) is 63.1 Å². The normalized spacial score (nSPS) is 14.0. The highest BCUT2D eigenvalue weighted by Crippen LogP contribution is 2.34. The van der Waals surface area contributed by atoms with E-state index in [9.17, 15) is 9.59 Å². The minimum atomic E-state index is -0.319. The van der Waals surface area contributed by atoms with Crippen molar-refractivity contribution >= 4 is 11.6 Å². The Labute approximate surface area is 142 Å². The van der Waals surface area contributed by atoms with Crippen molar-refractivity contribution < 1.29 is 4.79 Å². The van der Waals surface area contributed by atoms with Crippen molar-refractivity contribution in [1.82, 2.24) is 4.57 Å². The number of carbonyl (C=O) groups excluding carboxylic acids is 1. The van der Waals surface area contributed by atoms with E-state index < -0.39 is 0 Å². The average Bonchev–Trinajstić information content (AvgIpc) is 3.31. The third kappa shape index (κ3) is 3.01. The summed E-state index contributed by atoms with van der Waals surface area (Å²) in [5.74, 6) is -0.0243. The molecule has 1 heterocycles. The summed E-state index contributed by atoms with van der Waals surface area (Å²) in [7, 11) is 0. The van der Waals surface area contributed by atoms with Gasteiger partial charge in [-0.1, -0.05) is 32.0 Å². The van der Waals surface area contributed by atoms with Gasteiger partial charge in [0, 0.05) is 17.4 Å². The third-order valence-electron chi connectivity index (χ3n) is 4.60. The molecule has 0 unspecified atom stereocenters. The molecular weight excluding hydrogens is 300 g/mol. The number of carbonyl (C=O) groups is 1. The third-order valence-corrected chi connectivity index (χ3v) is 4.60. The number of anilines is 1. The summed E-state index contributed by atoms with van der Waals surface area (Å²) in [5, 5.41) is 2.94. The van der Waals surface area contributed by atoms with Gasteiger partial charge < -0.3 is 9.88 Å². The molecular formula is C20H24N2O2. The molecule has 0 spiro atoms. The summed E-state index contributed by atoms with van der Waals surface area (Å²) in [6, 6.07) is 9.94. The van der Waals surface area contributed by atoms with Crippen molar-refractivity contribution in [2.75, 3.05) is 5.32 Å². The van der Waals surface area contributed by atoms with Crippen LogP contribution in [0, 0.1) is 13.8 Å². The molecule has 126 valence electrons. The lowest BCUT2D eigenvalue weighted by Gasteiger charge is -2.16. The van der Waals surface area contributed by atoms with Crippen molar-refractivity contribution in [2.45, 2.75) is 52.5 Å². The van der Waals surface area contributed by atoms with Crippen LogP contribution >= 0.6 is 0 Å². The van der Waals surface area contributed by atoms with E-state index in [4.69, 9.17) is 0 Å². The fraction of sp³-hybridized carbons (Fsp3) is 0.400. The number of para-hydroxylation sites is 1. The monoisotopic (exact) mass is 324 g/mol. The molecule has 4 heteroatoms. The van der Waals surface area contributed by atoms with Gasteiger partial charge in [-0.15, -0.1) is 0 Å². The first-order valence-corrected chi connectivity index (χ1v) is 8.53. The van der Waals surface area contributed by atoms with Gasteiger partial charge in [0.05, 0.1) is 0 Å². The second kappa shape index (κ2) is 6.27. The van der Waals surface area contributed by atoms with Crippen molar-refractivity contribution in [3.63, 3.8) is 0 Å². The Bertz CT molecular complexity index is 845. The van der Waals surface area contributed by atoms with Crippen molar-refractivity contribution in [2.24, 2.45) is 0 Å². The number of aryl methyl sites for hydroxylation is 2. The highest BCUT2D eigenvalue weighted by atomic mass is 16.2. The first-order chi connectivity index (χ1) is 11.4. The van der Waals surface area contributed by atoms with E-state index in [1.807, 2.05) is 44.2 Å². The zero-order valence-corrected chi connectivity index (χ0v) is 14.7. The molecule has 1 amide bonds. The van der Waals surface area contributed by atoms with Gasteiger partial charge in [0.1, 0.15) is 5.56 Å². The van der Waals surface area contributed by atoms with E-state index in [0.29, 0.717) is 5.92 Å². The van der Waals surface area contributed by atoms with Crippen LogP contribution < -0.4 is 10.9 Å². The molecule has 1 aliphatic carbocycles. The van der Waals surface area contributed by atoms with Gasteiger partial charge in [-0.05, 0) is 55.9 Å². The first kappa shape index (κ1) is 16.5. The van der Waals surface area contributed by atoms with E-state index >= 15 is 0 Å². The quantitative estimate of drug-likeness (QED) is 0.917. The topological polar surface area (TPSA) is 51.1 Å². The predicted molar refractivity (Wildman–Crippen MR) is 96.9 cm³/mol. The number of aromatic nitrogens is 1. The lowest BCUT2D eigenvalue weighted by molar-refractivity contribution is 0.102. The van der Waals surface area contributed by atoms with Crippen LogP contribution in [0.25, 0.3) is 0 Å². The van der Waals surface area contributed by atoms with Gasteiger partial charge in [0.25, 0.3) is 11.5 Å². The second-order valence-electron chi connectivity index (χ2n) is 6.95. The van der Waals surface area contributed by atoms with E-state index in [1.54, 1.807) is 4.57 Å². The van der Waals surface area contributed by atoms with Crippen LogP contribution in [0.1, 0.15) is 65.8 Å². The molecule has 0 saturated heterocycles. The van der Waals surface area contributed by atoms with Crippen LogP contribution in [0.3, 0.4) is 0 Å². The molecule has 1 aliphatic rings. The first-order valence-electron chi connectivity index (χ1n) is 8.53. The number of benzene rings is 1. The molecule has 0 radical (unpaired) electrons. The van der Waals surface area contributed by atoms with Crippen molar-refractivity contribution in [1.29, 1.82) is 0 Å². The number of hydrogen-bond donors (Lipinski definition) is 1. The largest absolute Gasteiger partial charge is 0.322 e. The number of rotatable bonds is 4. The zero-order chi connectivity index (χ0) is 17.4. The Balaban J connectivity index is 2.00. The maximum atomic E-state index is 12.8. The fourth-order valence-electron chi connectivity index (χ4n) is 3.27. The molecule has 1 N–H and O–H groups in total. The van der Waals surface area contributed by atoms with Gasteiger partial charge in [0.2, 0.25) is 0 Å². The molecule has 0 atom stereocenters. The van der Waals surface area contributed by atoms with Crippen LogP contribution in [0.15, 0.2) is 35.1 Å². The fourth-order valence-corrected chi connectivity index (χ4v) is 3.27. The van der Waals surface area contributed by atoms with Crippen molar-refractivity contribution in [3.8, 4) is 0 Å². The minimum Gasteiger partial charge on any atom is -0.322 e. The average molecular weight is 324 g/mol. The molecule has 3 rings (SSSR count). The highest BCUT2D eigenvalue weighted by molar-refractivity contribution is 6.05. The van der Waals surface area contributed by atoms with Gasteiger partial charge in [-0.2, -0.15) is 0 Å². The second-order valence-corrected chi connectivity index (χ2v) is 6.95. The van der Waals surface area contributed by atoms with E-state index in [-0.39, 0.29) is 23.1 Å². The SMILES string of the molecule is Cc1cc(C)n(C2CC2)c(=O)c1C(=O)Nc1ccccc1C(C)C. The summed E-state index contributed by atoms with van der Waals surface area (Å²) in [6.07, 6.45) is 2.03. The maximum Gasteiger partial charge on any atom is 0.264 e. The molecule has 0 aliphatic heterocycles. The Morgan fingerprint density at radius 1 is 1.21 bits per heavy atom. The Morgan fingerprint density at radius 3 is 2.50 bits per heavy atom. The van der Waals surface area contributed by atoms with Gasteiger partial charge >= 0.3 is 0 Å². The van der Waals surface area contributed by atoms with Gasteiger partial charge in [0.15, 0.2) is 0 Å². The number of pyridine rings is 1. The van der Waals surface area contributed by atoms with E-state index in [2.05, 4.69) is 19.2 Å². The van der Waals surface area contributed by atoms with E-state index in [0.717, 1.165) is 35.3 Å². The van der Waals surface area contributed by atoms with Crippen LogP contribution in [-0.4, -0.2) is 10.5 Å². The van der Waals surface area contributed by atoms with Crippen LogP contribution in [-0.2, 0) is 0 Å². The lowest BCUT2D eigenvalue weighted by Crippen LogP contribution is -2.31. The summed E-state index contributed by atoms with van der Waals surface area (Å²) in [6.45, 7) is 7.93. The molecule has 1 aromatic heterocycles. The molecule has 2 aromatic rings. The lowest BCUT2D eigenvalue weighted by atomic mass is 10.0. The molecule has 1 aromatic carbocycles. The Hall–Kier alpha value is -2.36. The predicted octanol–water partition coefficient (Wildman–Crippen LogP) is 4.18. The van der Waals surface area contributed by atoms with E-state index in [1.165, 1.54) is 0 Å². The minimum absolute atomic E-state index is 0.172. The zero-order valence-electron chi connectivity index (χ0n) is 14.7. The van der Waals surface area contributed by atoms with Gasteiger partial charge in [-0.25, -0.2) is 0 Å². The summed E-state index contributed by atoms with van der Waals surface area (Å²) in [4.78, 5) is 25.7. The Kier molecular flexibility index (Phi) is 4.31. The smallest absolute Gasteiger partial charge is 0.264 e. The maximum absolute atomic E-state index is 12.8.